The number of aliphatic hydroxyl groups excluding tert-OH is 4. The highest BCUT2D eigenvalue weighted by Gasteiger charge is 2.70. The van der Waals surface area contributed by atoms with Crippen molar-refractivity contribution >= 4 is 11.8 Å². The molecule has 1 aromatic rings. The number of methoxy groups -OCH3 is 1. The normalized spacial score (nSPS) is 44.0. The van der Waals surface area contributed by atoms with Crippen molar-refractivity contribution in [3.63, 3.8) is 0 Å². The van der Waals surface area contributed by atoms with Gasteiger partial charge in [-0.05, 0) is 61.7 Å². The number of rotatable bonds is 8. The molecule has 1 heterocycles. The maximum atomic E-state index is 13.5. The summed E-state index contributed by atoms with van der Waals surface area (Å²) in [4.78, 5) is 25.7. The maximum Gasteiger partial charge on any atom is 0.338 e. The highest BCUT2D eigenvalue weighted by atomic mass is 16.7. The van der Waals surface area contributed by atoms with Crippen molar-refractivity contribution < 1.29 is 54.1 Å². The minimum Gasteiger partial charge on any atom is -0.467 e. The molecule has 5 N–H and O–H groups in total. The summed E-state index contributed by atoms with van der Waals surface area (Å²) in [6, 6.07) is 9.15. The average molecular weight is 643 g/mol. The van der Waals surface area contributed by atoms with Crippen LogP contribution in [-0.4, -0.2) is 99.5 Å². The van der Waals surface area contributed by atoms with Crippen molar-refractivity contribution in [2.75, 3.05) is 13.7 Å². The fourth-order valence-electron chi connectivity index (χ4n) is 9.51. The highest BCUT2D eigenvalue weighted by Crippen LogP contribution is 2.67. The first kappa shape index (κ1) is 33.4. The standard InChI is InChI=1S/C35H46O11/c1-33-13-11-21(37)15-20(33)9-10-22-23-12-14-35(42,34(23,2)16-24(38)26(22)33)30(31(41)43-3)46-32-29(28(40)27(39)25(17-36)45-32)44-18-19-7-5-4-6-8-19/h4-8,11,13,15,22-30,32,36,38-40,42H,9-10,12,14,16-18H2,1-3H3/t22-,23-,24-,25+,26+,27+,28-,29+,30+,32+,33-,34-,35-/m0/s1. The zero-order chi connectivity index (χ0) is 33.0. The minimum atomic E-state index is -1.81. The third-order valence-corrected chi connectivity index (χ3v) is 11.9. The molecular formula is C35H46O11. The lowest BCUT2D eigenvalue weighted by Gasteiger charge is -2.60. The first-order valence-corrected chi connectivity index (χ1v) is 16.2. The zero-order valence-corrected chi connectivity index (χ0v) is 26.5. The van der Waals surface area contributed by atoms with Gasteiger partial charge < -0.3 is 44.5 Å². The molecule has 0 aromatic heterocycles. The van der Waals surface area contributed by atoms with Crippen molar-refractivity contribution in [2.45, 2.75) is 101 Å². The molecule has 46 heavy (non-hydrogen) atoms. The monoisotopic (exact) mass is 642 g/mol. The largest absolute Gasteiger partial charge is 0.467 e. The lowest BCUT2D eigenvalue weighted by molar-refractivity contribution is -0.336. The van der Waals surface area contributed by atoms with Gasteiger partial charge in [-0.15, -0.1) is 0 Å². The van der Waals surface area contributed by atoms with Crippen LogP contribution in [0.25, 0.3) is 0 Å². The summed E-state index contributed by atoms with van der Waals surface area (Å²) in [7, 11) is 1.19. The zero-order valence-electron chi connectivity index (χ0n) is 26.5. The molecule has 252 valence electrons. The number of benzene rings is 1. The fourth-order valence-corrected chi connectivity index (χ4v) is 9.51. The van der Waals surface area contributed by atoms with Crippen molar-refractivity contribution in [1.29, 1.82) is 0 Å². The van der Waals surface area contributed by atoms with Crippen molar-refractivity contribution in [1.82, 2.24) is 0 Å². The molecule has 0 bridgehead atoms. The number of allylic oxidation sites excluding steroid dienone is 4. The Balaban J connectivity index is 1.30. The Bertz CT molecular complexity index is 1360. The van der Waals surface area contributed by atoms with Gasteiger partial charge in [0.1, 0.15) is 30.0 Å². The molecule has 1 saturated heterocycles. The van der Waals surface area contributed by atoms with E-state index in [0.29, 0.717) is 12.8 Å². The number of hydrogen-bond acceptors (Lipinski definition) is 11. The average Bonchev–Trinajstić information content (AvgIpc) is 3.31. The number of aliphatic hydroxyl groups is 5. The molecule has 0 spiro atoms. The van der Waals surface area contributed by atoms with Gasteiger partial charge in [0.05, 0.1) is 26.4 Å². The molecule has 11 heteroatoms. The fraction of sp³-hybridized carbons (Fsp3) is 0.657. The molecule has 5 aliphatic rings. The first-order chi connectivity index (χ1) is 21.9. The summed E-state index contributed by atoms with van der Waals surface area (Å²) >= 11 is 0. The molecule has 3 saturated carbocycles. The molecular weight excluding hydrogens is 596 g/mol. The van der Waals surface area contributed by atoms with E-state index in [0.717, 1.165) is 17.6 Å². The second kappa shape index (κ2) is 12.5. The van der Waals surface area contributed by atoms with Crippen LogP contribution in [0.2, 0.25) is 0 Å². The van der Waals surface area contributed by atoms with E-state index in [4.69, 9.17) is 18.9 Å². The van der Waals surface area contributed by atoms with Crippen LogP contribution in [0.1, 0.15) is 51.5 Å². The summed E-state index contributed by atoms with van der Waals surface area (Å²) in [6.07, 6.45) is -1.97. The Kier molecular flexibility index (Phi) is 9.10. The summed E-state index contributed by atoms with van der Waals surface area (Å²) in [5, 5.41) is 56.1. The quantitative estimate of drug-likeness (QED) is 0.261. The van der Waals surface area contributed by atoms with Crippen LogP contribution < -0.4 is 0 Å². The van der Waals surface area contributed by atoms with Crippen LogP contribution in [0.5, 0.6) is 0 Å². The second-order valence-corrected chi connectivity index (χ2v) is 14.2. The van der Waals surface area contributed by atoms with E-state index >= 15 is 0 Å². The number of ether oxygens (including phenoxy) is 4. The maximum absolute atomic E-state index is 13.5. The third kappa shape index (κ3) is 5.29. The van der Waals surface area contributed by atoms with E-state index in [1.54, 1.807) is 12.2 Å². The molecule has 0 unspecified atom stereocenters. The molecule has 6 rings (SSSR count). The summed E-state index contributed by atoms with van der Waals surface area (Å²) < 4.78 is 23.3. The summed E-state index contributed by atoms with van der Waals surface area (Å²) in [5.74, 6) is -1.16. The van der Waals surface area contributed by atoms with Crippen LogP contribution in [0.3, 0.4) is 0 Å². The predicted octanol–water partition coefficient (Wildman–Crippen LogP) is 1.58. The van der Waals surface area contributed by atoms with Crippen LogP contribution >= 0.6 is 0 Å². The van der Waals surface area contributed by atoms with E-state index in [-0.39, 0.29) is 43.0 Å². The van der Waals surface area contributed by atoms with Crippen LogP contribution in [-0.2, 0) is 35.1 Å². The smallest absolute Gasteiger partial charge is 0.338 e. The van der Waals surface area contributed by atoms with Crippen molar-refractivity contribution in [3.8, 4) is 0 Å². The van der Waals surface area contributed by atoms with E-state index in [1.165, 1.54) is 7.11 Å². The van der Waals surface area contributed by atoms with Gasteiger partial charge in [0.15, 0.2) is 18.2 Å². The minimum absolute atomic E-state index is 0.00435. The van der Waals surface area contributed by atoms with Gasteiger partial charge in [-0.1, -0.05) is 55.8 Å². The number of ketones is 1. The Morgan fingerprint density at radius 1 is 1.11 bits per heavy atom. The lowest BCUT2D eigenvalue weighted by atomic mass is 9.46. The van der Waals surface area contributed by atoms with Gasteiger partial charge in [-0.25, -0.2) is 4.79 Å². The van der Waals surface area contributed by atoms with Gasteiger partial charge in [0.2, 0.25) is 0 Å². The molecule has 0 radical (unpaired) electrons. The molecule has 13 atom stereocenters. The van der Waals surface area contributed by atoms with E-state index in [1.807, 2.05) is 43.3 Å². The van der Waals surface area contributed by atoms with E-state index in [9.17, 15) is 35.1 Å². The second-order valence-electron chi connectivity index (χ2n) is 14.2. The molecule has 1 aromatic carbocycles. The number of carbonyl (C=O) groups is 2. The van der Waals surface area contributed by atoms with Crippen LogP contribution in [0.4, 0.5) is 0 Å². The van der Waals surface area contributed by atoms with Gasteiger partial charge in [-0.2, -0.15) is 0 Å². The van der Waals surface area contributed by atoms with Gasteiger partial charge >= 0.3 is 5.97 Å². The summed E-state index contributed by atoms with van der Waals surface area (Å²) in [6.45, 7) is 3.34. The van der Waals surface area contributed by atoms with E-state index in [2.05, 4.69) is 6.92 Å². The lowest BCUT2D eigenvalue weighted by Crippen LogP contribution is -2.66. The van der Waals surface area contributed by atoms with Crippen molar-refractivity contribution in [2.24, 2.45) is 28.6 Å². The third-order valence-electron chi connectivity index (χ3n) is 11.9. The van der Waals surface area contributed by atoms with Crippen LogP contribution in [0, 0.1) is 28.6 Å². The number of esters is 1. The van der Waals surface area contributed by atoms with Crippen molar-refractivity contribution in [3.05, 3.63) is 59.7 Å². The highest BCUT2D eigenvalue weighted by molar-refractivity contribution is 6.01. The Hall–Kier alpha value is -2.48. The Morgan fingerprint density at radius 2 is 1.85 bits per heavy atom. The van der Waals surface area contributed by atoms with Gasteiger partial charge in [0.25, 0.3) is 0 Å². The molecule has 4 fully saturated rings. The number of carbonyl (C=O) groups excluding carboxylic acids is 2. The number of fused-ring (bicyclic) bond motifs is 5. The predicted molar refractivity (Wildman–Crippen MR) is 163 cm³/mol. The first-order valence-electron chi connectivity index (χ1n) is 16.2. The molecule has 4 aliphatic carbocycles. The van der Waals surface area contributed by atoms with Gasteiger partial charge in [-0.3, -0.25) is 4.79 Å². The van der Waals surface area contributed by atoms with Gasteiger partial charge in [0, 0.05) is 16.7 Å². The Morgan fingerprint density at radius 3 is 2.54 bits per heavy atom. The Labute approximate surface area is 268 Å². The summed E-state index contributed by atoms with van der Waals surface area (Å²) in [5.41, 5.74) is -1.49. The molecule has 0 amide bonds. The SMILES string of the molecule is COC(=O)[C@@H](O[C@H]1O[C@H](CO)[C@@H](O)[C@H](O)[C@H]1OCc1ccccc1)[C@@]1(O)CC[C@H]2[C@@H]3CCC4=CC(=O)C=C[C@]4(C)[C@H]3[C@@H](O)C[C@@]21C. The number of hydrogen-bond donors (Lipinski definition) is 5. The topological polar surface area (TPSA) is 172 Å². The van der Waals surface area contributed by atoms with Crippen LogP contribution in [0.15, 0.2) is 54.1 Å². The van der Waals surface area contributed by atoms with E-state index < -0.39 is 71.9 Å². The molecule has 11 nitrogen and oxygen atoms in total. The molecule has 1 aliphatic heterocycles.